The van der Waals surface area contributed by atoms with Crippen molar-refractivity contribution in [1.82, 2.24) is 9.78 Å². The highest BCUT2D eigenvalue weighted by atomic mass is 35.5. The maximum absolute atomic E-state index is 14.0. The lowest BCUT2D eigenvalue weighted by atomic mass is 9.96. The molecular formula is C22H19Cl2F3N4O3. The number of methoxy groups -OCH3 is 2. The van der Waals surface area contributed by atoms with Crippen molar-refractivity contribution in [2.75, 3.05) is 24.9 Å². The van der Waals surface area contributed by atoms with Gasteiger partial charge in [-0.15, -0.1) is 0 Å². The van der Waals surface area contributed by atoms with E-state index in [4.69, 9.17) is 32.7 Å². The molecule has 4 rings (SSSR count). The molecule has 3 aromatic rings. The Morgan fingerprint density at radius 2 is 1.79 bits per heavy atom. The van der Waals surface area contributed by atoms with Crippen LogP contribution in [0.2, 0.25) is 10.0 Å². The first-order chi connectivity index (χ1) is 16.1. The molecule has 180 valence electrons. The molecule has 0 bridgehead atoms. The first-order valence-corrected chi connectivity index (χ1v) is 10.8. The second-order valence-electron chi connectivity index (χ2n) is 7.52. The van der Waals surface area contributed by atoms with E-state index in [1.165, 1.54) is 14.2 Å². The summed E-state index contributed by atoms with van der Waals surface area (Å²) in [5, 5.41) is 9.72. The fourth-order valence-corrected chi connectivity index (χ4v) is 4.14. The molecule has 0 fully saturated rings. The zero-order chi connectivity index (χ0) is 24.6. The normalized spacial score (nSPS) is 17.5. The third-order valence-corrected chi connectivity index (χ3v) is 6.03. The molecule has 2 heterocycles. The van der Waals surface area contributed by atoms with Gasteiger partial charge >= 0.3 is 6.18 Å². The molecule has 2 aromatic carbocycles. The van der Waals surface area contributed by atoms with Gasteiger partial charge in [-0.3, -0.25) is 4.79 Å². The molecule has 12 heteroatoms. The first-order valence-electron chi connectivity index (χ1n) is 10.0. The maximum atomic E-state index is 14.0. The summed E-state index contributed by atoms with van der Waals surface area (Å²) in [4.78, 5) is 12.8. The number of nitrogens with one attached hydrogen (secondary N) is 2. The molecule has 0 unspecified atom stereocenters. The smallest absolute Gasteiger partial charge is 0.410 e. The first kappa shape index (κ1) is 24.0. The van der Waals surface area contributed by atoms with Gasteiger partial charge in [0.1, 0.15) is 10.8 Å². The molecule has 0 aliphatic carbocycles. The van der Waals surface area contributed by atoms with E-state index in [9.17, 15) is 18.0 Å². The Hall–Kier alpha value is -3.11. The lowest BCUT2D eigenvalue weighted by Crippen LogP contribution is -2.35. The number of halogens is 5. The van der Waals surface area contributed by atoms with Crippen LogP contribution in [0.25, 0.3) is 0 Å². The number of rotatable bonds is 5. The number of carbonyl (C=O) groups is 1. The predicted molar refractivity (Wildman–Crippen MR) is 122 cm³/mol. The number of amides is 1. The maximum Gasteiger partial charge on any atom is 0.410 e. The van der Waals surface area contributed by atoms with Gasteiger partial charge in [0, 0.05) is 17.1 Å². The third kappa shape index (κ3) is 4.60. The van der Waals surface area contributed by atoms with Crippen LogP contribution < -0.4 is 20.1 Å². The van der Waals surface area contributed by atoms with Gasteiger partial charge in [-0.2, -0.15) is 18.3 Å². The lowest BCUT2D eigenvalue weighted by molar-refractivity contribution is -0.173. The fraction of sp³-hybridized carbons (Fsp3) is 0.273. The molecule has 1 aromatic heterocycles. The van der Waals surface area contributed by atoms with Crippen LogP contribution in [-0.2, 0) is 0 Å². The average Bonchev–Trinajstić information content (AvgIpc) is 3.15. The zero-order valence-electron chi connectivity index (χ0n) is 17.9. The highest BCUT2D eigenvalue weighted by Gasteiger charge is 2.48. The van der Waals surface area contributed by atoms with Crippen LogP contribution in [0.3, 0.4) is 0 Å². The van der Waals surface area contributed by atoms with Crippen LogP contribution in [0.5, 0.6) is 11.5 Å². The van der Waals surface area contributed by atoms with E-state index in [2.05, 4.69) is 15.7 Å². The zero-order valence-corrected chi connectivity index (χ0v) is 19.4. The van der Waals surface area contributed by atoms with Crippen LogP contribution >= 0.6 is 23.2 Å². The molecule has 0 radical (unpaired) electrons. The Kier molecular flexibility index (Phi) is 6.55. The van der Waals surface area contributed by atoms with Gasteiger partial charge < -0.3 is 20.1 Å². The Balaban J connectivity index is 1.70. The van der Waals surface area contributed by atoms with Gasteiger partial charge in [0.15, 0.2) is 23.2 Å². The van der Waals surface area contributed by atoms with Crippen molar-refractivity contribution >= 4 is 40.6 Å². The van der Waals surface area contributed by atoms with Crippen molar-refractivity contribution in [3.63, 3.8) is 0 Å². The van der Waals surface area contributed by atoms with E-state index in [1.54, 1.807) is 42.5 Å². The minimum absolute atomic E-state index is 0.101. The Morgan fingerprint density at radius 3 is 2.41 bits per heavy atom. The highest BCUT2D eigenvalue weighted by Crippen LogP contribution is 2.47. The number of aromatic nitrogens is 2. The van der Waals surface area contributed by atoms with Crippen molar-refractivity contribution in [1.29, 1.82) is 0 Å². The molecular weight excluding hydrogens is 496 g/mol. The summed E-state index contributed by atoms with van der Waals surface area (Å²) in [6.45, 7) is 0. The topological polar surface area (TPSA) is 77.4 Å². The van der Waals surface area contributed by atoms with Crippen molar-refractivity contribution in [2.45, 2.75) is 24.7 Å². The summed E-state index contributed by atoms with van der Waals surface area (Å²) in [5.74, 6) is -0.0341. The number of carbonyl (C=O) groups excluding carboxylic acids is 1. The van der Waals surface area contributed by atoms with Gasteiger partial charge in [0.25, 0.3) is 5.91 Å². The molecule has 0 spiro atoms. The summed E-state index contributed by atoms with van der Waals surface area (Å²) < 4.78 is 53.2. The SMILES string of the molecule is COc1ccc([C@@H]2C[C@@H](C(F)(F)F)n3nc(C(=O)Nc4ccc(Cl)cc4)c(Cl)c3N2)cc1OC. The van der Waals surface area contributed by atoms with E-state index < -0.39 is 24.2 Å². The van der Waals surface area contributed by atoms with Crippen LogP contribution in [0.15, 0.2) is 42.5 Å². The summed E-state index contributed by atoms with van der Waals surface area (Å²) >= 11 is 12.2. The standard InChI is InChI=1S/C22H19Cl2F3N4O3/c1-33-15-8-3-11(9-16(15)34-2)14-10-17(22(25,26)27)31-20(29-14)18(24)19(30-31)21(32)28-13-6-4-12(23)5-7-13/h3-9,14,17,29H,10H2,1-2H3,(H,28,32)/t14-,17-/m0/s1. The number of fused-ring (bicyclic) bond motifs is 1. The minimum atomic E-state index is -4.63. The number of hydrogen-bond donors (Lipinski definition) is 2. The summed E-state index contributed by atoms with van der Waals surface area (Å²) in [6.07, 6.45) is -5.01. The molecule has 2 atom stereocenters. The van der Waals surface area contributed by atoms with Gasteiger partial charge in [-0.25, -0.2) is 4.68 Å². The molecule has 2 N–H and O–H groups in total. The number of benzene rings is 2. The van der Waals surface area contributed by atoms with Crippen molar-refractivity contribution in [3.8, 4) is 11.5 Å². The molecule has 1 aliphatic heterocycles. The summed E-state index contributed by atoms with van der Waals surface area (Å²) in [6, 6.07) is 8.28. The minimum Gasteiger partial charge on any atom is -0.493 e. The van der Waals surface area contributed by atoms with Crippen molar-refractivity contribution < 1.29 is 27.4 Å². The second-order valence-corrected chi connectivity index (χ2v) is 8.34. The molecule has 1 aliphatic rings. The third-order valence-electron chi connectivity index (χ3n) is 5.42. The summed E-state index contributed by atoms with van der Waals surface area (Å²) in [7, 11) is 2.90. The highest BCUT2D eigenvalue weighted by molar-refractivity contribution is 6.36. The van der Waals surface area contributed by atoms with E-state index >= 15 is 0 Å². The van der Waals surface area contributed by atoms with E-state index in [1.807, 2.05) is 0 Å². The predicted octanol–water partition coefficient (Wildman–Crippen LogP) is 6.12. The quantitative estimate of drug-likeness (QED) is 0.428. The number of anilines is 2. The number of alkyl halides is 3. The molecule has 7 nitrogen and oxygen atoms in total. The Morgan fingerprint density at radius 1 is 1.12 bits per heavy atom. The lowest BCUT2D eigenvalue weighted by Gasteiger charge is -2.33. The number of nitrogens with zero attached hydrogens (tertiary/aromatic N) is 2. The fourth-order valence-electron chi connectivity index (χ4n) is 3.75. The second kappa shape index (κ2) is 9.27. The largest absolute Gasteiger partial charge is 0.493 e. The molecule has 0 saturated carbocycles. The summed E-state index contributed by atoms with van der Waals surface area (Å²) in [5.41, 5.74) is 0.587. The van der Waals surface area contributed by atoms with Crippen LogP contribution in [0, 0.1) is 0 Å². The Bertz CT molecular complexity index is 1220. The Labute approximate surface area is 202 Å². The van der Waals surface area contributed by atoms with Gasteiger partial charge in [0.2, 0.25) is 0 Å². The number of hydrogen-bond acceptors (Lipinski definition) is 5. The number of ether oxygens (including phenoxy) is 2. The molecule has 34 heavy (non-hydrogen) atoms. The van der Waals surface area contributed by atoms with Gasteiger partial charge in [-0.05, 0) is 42.0 Å². The molecule has 1 amide bonds. The van der Waals surface area contributed by atoms with Gasteiger partial charge in [0.05, 0.1) is 20.3 Å². The van der Waals surface area contributed by atoms with E-state index in [0.717, 1.165) is 4.68 Å². The van der Waals surface area contributed by atoms with E-state index in [-0.39, 0.29) is 23.0 Å². The van der Waals surface area contributed by atoms with Crippen molar-refractivity contribution in [3.05, 3.63) is 63.8 Å². The van der Waals surface area contributed by atoms with Gasteiger partial charge in [-0.1, -0.05) is 29.3 Å². The van der Waals surface area contributed by atoms with Crippen LogP contribution in [0.4, 0.5) is 24.7 Å². The molecule has 0 saturated heterocycles. The average molecular weight is 515 g/mol. The van der Waals surface area contributed by atoms with Crippen molar-refractivity contribution in [2.24, 2.45) is 0 Å². The van der Waals surface area contributed by atoms with Crippen LogP contribution in [-0.4, -0.2) is 36.1 Å². The monoisotopic (exact) mass is 514 g/mol. The van der Waals surface area contributed by atoms with E-state index in [0.29, 0.717) is 27.8 Å². The van der Waals surface area contributed by atoms with Crippen LogP contribution in [0.1, 0.15) is 34.6 Å².